The van der Waals surface area contributed by atoms with Crippen molar-refractivity contribution in [1.29, 1.82) is 0 Å². The highest BCUT2D eigenvalue weighted by atomic mass is 35.5. The van der Waals surface area contributed by atoms with E-state index in [9.17, 15) is 0 Å². The third-order valence-electron chi connectivity index (χ3n) is 0.915. The number of hydrogen-bond acceptors (Lipinski definition) is 1. The zero-order valence-electron chi connectivity index (χ0n) is 6.43. The number of carbonyl (C=O) groups excluding carboxylic acids is 1. The second-order valence-corrected chi connectivity index (χ2v) is 2.69. The van der Waals surface area contributed by atoms with Crippen LogP contribution in [-0.2, 0) is 4.79 Å². The van der Waals surface area contributed by atoms with Crippen molar-refractivity contribution in [2.24, 2.45) is 5.92 Å². The van der Waals surface area contributed by atoms with Gasteiger partial charge in [-0.15, -0.1) is 11.6 Å². The molecule has 0 amide bonds. The largest absolute Gasteiger partial charge is 0.724 e. The van der Waals surface area contributed by atoms with Crippen molar-refractivity contribution in [3.8, 4) is 0 Å². The molecular formula is C7H13ClNO-. The lowest BCUT2D eigenvalue weighted by molar-refractivity contribution is 0.569. The predicted molar refractivity (Wildman–Crippen MR) is 43.8 cm³/mol. The topological polar surface area (TPSA) is 39.4 Å². The van der Waals surface area contributed by atoms with E-state index in [1.54, 1.807) is 0 Å². The maximum absolute atomic E-state index is 8.24. The number of nitrogens with zero attached hydrogens (tertiary/aromatic N) is 1. The highest BCUT2D eigenvalue weighted by Gasteiger charge is 1.89. The average molecular weight is 163 g/mol. The first-order valence-electron chi connectivity index (χ1n) is 3.26. The van der Waals surface area contributed by atoms with Crippen LogP contribution in [0.1, 0.15) is 26.7 Å². The zero-order chi connectivity index (χ0) is 8.41. The minimum absolute atomic E-state index is 0.500. The molecule has 0 atom stereocenters. The molecule has 10 heavy (non-hydrogen) atoms. The van der Waals surface area contributed by atoms with E-state index < -0.39 is 0 Å². The lowest BCUT2D eigenvalue weighted by Crippen LogP contribution is -1.85. The van der Waals surface area contributed by atoms with Crippen LogP contribution < -0.4 is 0 Å². The van der Waals surface area contributed by atoms with Gasteiger partial charge < -0.3 is 5.41 Å². The molecule has 0 aromatic rings. The first kappa shape index (κ1) is 12.4. The third kappa shape index (κ3) is 25.3. The van der Waals surface area contributed by atoms with Gasteiger partial charge in [0.25, 0.3) is 0 Å². The Morgan fingerprint density at radius 1 is 1.60 bits per heavy atom. The van der Waals surface area contributed by atoms with Gasteiger partial charge in [0.05, 0.1) is 0 Å². The molecule has 2 nitrogen and oxygen atoms in total. The minimum Gasteiger partial charge on any atom is -0.724 e. The van der Waals surface area contributed by atoms with Crippen molar-refractivity contribution in [2.45, 2.75) is 26.7 Å². The van der Waals surface area contributed by atoms with Gasteiger partial charge in [-0.1, -0.05) is 13.8 Å². The molecule has 0 aliphatic carbocycles. The van der Waals surface area contributed by atoms with Crippen LogP contribution in [0.2, 0.25) is 0 Å². The number of hydrogen-bond donors (Lipinski definition) is 0. The van der Waals surface area contributed by atoms with Gasteiger partial charge >= 0.3 is 0 Å². The molecular weight excluding hydrogens is 150 g/mol. The molecule has 0 saturated carbocycles. The molecule has 0 unspecified atom stereocenters. The Labute approximate surface area is 67.1 Å². The number of alkyl halides is 1. The molecule has 0 fully saturated rings. The van der Waals surface area contributed by atoms with E-state index >= 15 is 0 Å². The van der Waals surface area contributed by atoms with E-state index in [1.807, 2.05) is 0 Å². The fraction of sp³-hybridized carbons (Fsp3) is 0.857. The predicted octanol–water partition coefficient (Wildman–Crippen LogP) is 2.55. The van der Waals surface area contributed by atoms with Crippen LogP contribution in [0.25, 0.3) is 5.41 Å². The van der Waals surface area contributed by atoms with Crippen LogP contribution in [0.5, 0.6) is 0 Å². The van der Waals surface area contributed by atoms with Crippen molar-refractivity contribution in [3.05, 3.63) is 5.41 Å². The molecule has 0 bridgehead atoms. The molecule has 0 aliphatic heterocycles. The summed E-state index contributed by atoms with van der Waals surface area (Å²) in [7, 11) is 0. The van der Waals surface area contributed by atoms with E-state index in [1.165, 1.54) is 12.8 Å². The molecule has 0 aromatic heterocycles. The molecule has 0 spiro atoms. The molecule has 0 radical (unpaired) electrons. The van der Waals surface area contributed by atoms with Crippen molar-refractivity contribution >= 4 is 17.7 Å². The highest BCUT2D eigenvalue weighted by molar-refractivity contribution is 6.17. The van der Waals surface area contributed by atoms with Crippen molar-refractivity contribution in [2.75, 3.05) is 5.88 Å². The number of isocyanates is 1. The summed E-state index contributed by atoms with van der Waals surface area (Å²) in [5.41, 5.74) is 0. The zero-order valence-corrected chi connectivity index (χ0v) is 7.19. The van der Waals surface area contributed by atoms with E-state index in [0.717, 1.165) is 11.8 Å². The lowest BCUT2D eigenvalue weighted by atomic mass is 10.1. The van der Waals surface area contributed by atoms with Gasteiger partial charge in [-0.25, -0.2) is 0 Å². The summed E-state index contributed by atoms with van der Waals surface area (Å²) in [5, 5.41) is 6.76. The van der Waals surface area contributed by atoms with E-state index in [4.69, 9.17) is 21.8 Å². The molecule has 0 rings (SSSR count). The molecule has 0 aromatic carbocycles. The summed E-state index contributed by atoms with van der Waals surface area (Å²) in [6.07, 6.45) is 2.93. The Bertz CT molecular complexity index is 87.6. The van der Waals surface area contributed by atoms with Crippen LogP contribution in [0, 0.1) is 5.92 Å². The first-order valence-corrected chi connectivity index (χ1v) is 3.79. The van der Waals surface area contributed by atoms with Gasteiger partial charge in [0.2, 0.25) is 0 Å². The van der Waals surface area contributed by atoms with Crippen LogP contribution >= 0.6 is 11.6 Å². The maximum Gasteiger partial charge on any atom is 0.0223 e. The van der Waals surface area contributed by atoms with Crippen LogP contribution in [-0.4, -0.2) is 12.0 Å². The SMILES string of the molecule is CC(C)CCCCl.[N-]=C=O. The van der Waals surface area contributed by atoms with Crippen LogP contribution in [0.3, 0.4) is 0 Å². The maximum atomic E-state index is 8.24. The highest BCUT2D eigenvalue weighted by Crippen LogP contribution is 2.03. The van der Waals surface area contributed by atoms with Gasteiger partial charge in [-0.2, -0.15) is 0 Å². The number of rotatable bonds is 3. The molecule has 60 valence electrons. The quantitative estimate of drug-likeness (QED) is 0.357. The van der Waals surface area contributed by atoms with E-state index in [2.05, 4.69) is 13.8 Å². The lowest BCUT2D eigenvalue weighted by Gasteiger charge is -1.98. The fourth-order valence-electron chi connectivity index (χ4n) is 0.485. The van der Waals surface area contributed by atoms with Gasteiger partial charge in [0.1, 0.15) is 0 Å². The Hall–Kier alpha value is -0.330. The van der Waals surface area contributed by atoms with Gasteiger partial charge in [0, 0.05) is 5.88 Å². The third-order valence-corrected chi connectivity index (χ3v) is 1.18. The summed E-state index contributed by atoms with van der Waals surface area (Å²) in [6, 6.07) is 0. The Morgan fingerprint density at radius 2 is 2.00 bits per heavy atom. The van der Waals surface area contributed by atoms with Crippen LogP contribution in [0.15, 0.2) is 0 Å². The fourth-order valence-corrected chi connectivity index (χ4v) is 0.640. The van der Waals surface area contributed by atoms with Crippen LogP contribution in [0.4, 0.5) is 0 Å². The Kier molecular flexibility index (Phi) is 14.2. The first-order chi connectivity index (χ1) is 4.68. The Morgan fingerprint density at radius 3 is 2.10 bits per heavy atom. The summed E-state index contributed by atoms with van der Waals surface area (Å²) in [6.45, 7) is 4.43. The second kappa shape index (κ2) is 11.5. The van der Waals surface area contributed by atoms with Gasteiger partial charge in [-0.05, 0) is 24.8 Å². The standard InChI is InChI=1S/C6H13Cl.CNO/c1-6(2)4-3-5-7;2-1-3/h6H,3-5H2,1-2H3;/q;-1. The van der Waals surface area contributed by atoms with Gasteiger partial charge in [0.15, 0.2) is 0 Å². The van der Waals surface area contributed by atoms with Crippen molar-refractivity contribution in [1.82, 2.24) is 0 Å². The minimum atomic E-state index is 0.500. The molecule has 0 saturated heterocycles. The molecule has 0 heterocycles. The average Bonchev–Trinajstić information content (AvgIpc) is 1.85. The summed E-state index contributed by atoms with van der Waals surface area (Å²) < 4.78 is 0. The van der Waals surface area contributed by atoms with Crippen molar-refractivity contribution in [3.63, 3.8) is 0 Å². The van der Waals surface area contributed by atoms with E-state index in [-0.39, 0.29) is 0 Å². The van der Waals surface area contributed by atoms with Crippen molar-refractivity contribution < 1.29 is 4.79 Å². The summed E-state index contributed by atoms with van der Waals surface area (Å²) in [4.78, 5) is 8.24. The second-order valence-electron chi connectivity index (χ2n) is 2.32. The summed E-state index contributed by atoms with van der Waals surface area (Å²) in [5.74, 6) is 1.64. The van der Waals surface area contributed by atoms with E-state index in [0.29, 0.717) is 6.08 Å². The summed E-state index contributed by atoms with van der Waals surface area (Å²) >= 11 is 5.45. The monoisotopic (exact) mass is 162 g/mol. The molecule has 3 heteroatoms. The Balaban J connectivity index is 0. The van der Waals surface area contributed by atoms with Gasteiger partial charge in [-0.3, -0.25) is 4.79 Å². The molecule has 0 N–H and O–H groups in total. The normalized spacial score (nSPS) is 8.00. The number of halogens is 1. The molecule has 0 aliphatic rings. The smallest absolute Gasteiger partial charge is 0.0223 e.